The van der Waals surface area contributed by atoms with Gasteiger partial charge in [0.2, 0.25) is 0 Å². The van der Waals surface area contributed by atoms with Gasteiger partial charge in [-0.15, -0.1) is 0 Å². The molecule has 2 N–H and O–H groups in total. The second-order valence-electron chi connectivity index (χ2n) is 7.03. The molecule has 1 aliphatic heterocycles. The van der Waals surface area contributed by atoms with Crippen LogP contribution in [0.1, 0.15) is 35.2 Å². The Labute approximate surface area is 192 Å². The molecule has 1 fully saturated rings. The highest BCUT2D eigenvalue weighted by Crippen LogP contribution is 2.36. The Morgan fingerprint density at radius 1 is 1.13 bits per heavy atom. The van der Waals surface area contributed by atoms with Crippen molar-refractivity contribution in [3.05, 3.63) is 52.0 Å². The molecule has 1 amide bonds. The van der Waals surface area contributed by atoms with Gasteiger partial charge in [0.15, 0.2) is 5.11 Å². The average Bonchev–Trinajstić information content (AvgIpc) is 2.73. The Bertz CT molecular complexity index is 979. The number of nitrogens with one attached hydrogen (secondary N) is 2. The number of nitrogens with zero attached hydrogens (tertiary/aromatic N) is 1. The molecule has 2 aromatic carbocycles. The van der Waals surface area contributed by atoms with Gasteiger partial charge in [-0.25, -0.2) is 0 Å². The van der Waals surface area contributed by atoms with Gasteiger partial charge in [0.1, 0.15) is 5.75 Å². The first-order valence-corrected chi connectivity index (χ1v) is 10.8. The molecule has 1 saturated heterocycles. The summed E-state index contributed by atoms with van der Waals surface area (Å²) in [7, 11) is 1.43. The summed E-state index contributed by atoms with van der Waals surface area (Å²) in [6.45, 7) is 1.49. The number of thiocarbonyl (C=S) groups is 1. The first kappa shape index (κ1) is 23.3. The number of anilines is 2. The number of ether oxygens (including phenoxy) is 1. The van der Waals surface area contributed by atoms with Crippen molar-refractivity contribution in [2.75, 3.05) is 30.4 Å². The van der Waals surface area contributed by atoms with E-state index < -0.39 is 17.6 Å². The summed E-state index contributed by atoms with van der Waals surface area (Å²) in [6.07, 6.45) is -1.48. The Balaban J connectivity index is 1.83. The Hall–Kier alpha value is -2.33. The molecule has 0 unspecified atom stereocenters. The van der Waals surface area contributed by atoms with Crippen LogP contribution in [-0.2, 0) is 6.18 Å². The van der Waals surface area contributed by atoms with Crippen LogP contribution in [0.2, 0.25) is 0 Å². The van der Waals surface area contributed by atoms with E-state index in [1.165, 1.54) is 13.2 Å². The Morgan fingerprint density at radius 2 is 1.84 bits per heavy atom. The molecule has 0 spiro atoms. The molecule has 1 aliphatic rings. The van der Waals surface area contributed by atoms with Gasteiger partial charge in [0, 0.05) is 17.6 Å². The van der Waals surface area contributed by atoms with E-state index in [4.69, 9.17) is 17.0 Å². The van der Waals surface area contributed by atoms with Gasteiger partial charge in [0.05, 0.1) is 29.6 Å². The van der Waals surface area contributed by atoms with Crippen molar-refractivity contribution in [2.24, 2.45) is 0 Å². The third-order valence-corrected chi connectivity index (χ3v) is 5.60. The molecular weight excluding hydrogens is 495 g/mol. The van der Waals surface area contributed by atoms with E-state index >= 15 is 0 Å². The van der Waals surface area contributed by atoms with Crippen LogP contribution in [0.5, 0.6) is 5.75 Å². The summed E-state index contributed by atoms with van der Waals surface area (Å²) >= 11 is 8.52. The summed E-state index contributed by atoms with van der Waals surface area (Å²) in [5.74, 6) is -0.196. The molecule has 0 atom stereocenters. The summed E-state index contributed by atoms with van der Waals surface area (Å²) in [4.78, 5) is 14.7. The van der Waals surface area contributed by atoms with Gasteiger partial charge in [-0.05, 0) is 67.9 Å². The Morgan fingerprint density at radius 3 is 2.48 bits per heavy atom. The fourth-order valence-corrected chi connectivity index (χ4v) is 3.97. The van der Waals surface area contributed by atoms with E-state index in [9.17, 15) is 18.0 Å². The van der Waals surface area contributed by atoms with Crippen molar-refractivity contribution in [1.29, 1.82) is 0 Å². The molecule has 31 heavy (non-hydrogen) atoms. The molecule has 3 rings (SSSR count). The zero-order valence-corrected chi connectivity index (χ0v) is 19.1. The van der Waals surface area contributed by atoms with Gasteiger partial charge >= 0.3 is 6.18 Å². The van der Waals surface area contributed by atoms with Crippen LogP contribution in [-0.4, -0.2) is 31.2 Å². The number of piperidine rings is 1. The number of alkyl halides is 3. The monoisotopic (exact) mass is 515 g/mol. The number of methoxy groups -OCH3 is 1. The third-order valence-electron chi connectivity index (χ3n) is 4.90. The molecule has 0 saturated carbocycles. The number of carbonyl (C=O) groups is 1. The zero-order chi connectivity index (χ0) is 22.6. The maximum Gasteiger partial charge on any atom is 0.416 e. The SMILES string of the molecule is COc1ccc(Br)cc1C(=O)NC(=S)Nc1cc(C(F)(F)F)ccc1N1CCCCC1. The van der Waals surface area contributed by atoms with Crippen LogP contribution >= 0.6 is 28.1 Å². The first-order valence-electron chi connectivity index (χ1n) is 9.61. The van der Waals surface area contributed by atoms with Crippen molar-refractivity contribution in [3.63, 3.8) is 0 Å². The number of halogens is 4. The topological polar surface area (TPSA) is 53.6 Å². The summed E-state index contributed by atoms with van der Waals surface area (Å²) in [5.41, 5.74) is 0.257. The molecule has 0 radical (unpaired) electrons. The van der Waals surface area contributed by atoms with E-state index in [0.717, 1.165) is 44.5 Å². The van der Waals surface area contributed by atoms with Gasteiger partial charge in [-0.3, -0.25) is 10.1 Å². The van der Waals surface area contributed by atoms with Crippen molar-refractivity contribution in [2.45, 2.75) is 25.4 Å². The van der Waals surface area contributed by atoms with Crippen LogP contribution < -0.4 is 20.3 Å². The van der Waals surface area contributed by atoms with E-state index in [1.54, 1.807) is 18.2 Å². The molecule has 166 valence electrons. The standard InChI is InChI=1S/C21H21BrF3N3O2S/c1-30-18-8-6-14(22)12-15(18)19(29)27-20(31)26-16-11-13(21(23,24)25)5-7-17(16)28-9-3-2-4-10-28/h5-8,11-12H,2-4,9-10H2,1H3,(H2,26,27,29,31). The number of rotatable bonds is 4. The maximum atomic E-state index is 13.3. The lowest BCUT2D eigenvalue weighted by Gasteiger charge is -2.31. The highest BCUT2D eigenvalue weighted by Gasteiger charge is 2.31. The predicted molar refractivity (Wildman–Crippen MR) is 122 cm³/mol. The lowest BCUT2D eigenvalue weighted by Crippen LogP contribution is -2.36. The van der Waals surface area contributed by atoms with Gasteiger partial charge in [-0.2, -0.15) is 13.2 Å². The summed E-state index contributed by atoms with van der Waals surface area (Å²) in [6, 6.07) is 8.43. The summed E-state index contributed by atoms with van der Waals surface area (Å²) < 4.78 is 45.7. The fourth-order valence-electron chi connectivity index (χ4n) is 3.40. The van der Waals surface area contributed by atoms with Gasteiger partial charge < -0.3 is 15.0 Å². The Kier molecular flexibility index (Phi) is 7.42. The minimum atomic E-state index is -4.49. The van der Waals surface area contributed by atoms with Crippen molar-refractivity contribution < 1.29 is 22.7 Å². The lowest BCUT2D eigenvalue weighted by atomic mass is 10.1. The highest BCUT2D eigenvalue weighted by atomic mass is 79.9. The van der Waals surface area contributed by atoms with Crippen LogP contribution in [0.15, 0.2) is 40.9 Å². The quantitative estimate of drug-likeness (QED) is 0.519. The maximum absolute atomic E-state index is 13.3. The van der Waals surface area contributed by atoms with Crippen LogP contribution in [0.3, 0.4) is 0 Å². The minimum absolute atomic E-state index is 0.107. The molecule has 0 bridgehead atoms. The van der Waals surface area contributed by atoms with Gasteiger partial charge in [-0.1, -0.05) is 15.9 Å². The van der Waals surface area contributed by atoms with Crippen molar-refractivity contribution in [1.82, 2.24) is 5.32 Å². The number of carbonyl (C=O) groups excluding carboxylic acids is 1. The van der Waals surface area contributed by atoms with Crippen molar-refractivity contribution in [3.8, 4) is 5.75 Å². The second kappa shape index (κ2) is 9.86. The van der Waals surface area contributed by atoms with E-state index in [2.05, 4.69) is 26.6 Å². The largest absolute Gasteiger partial charge is 0.496 e. The molecule has 0 aromatic heterocycles. The molecule has 5 nitrogen and oxygen atoms in total. The highest BCUT2D eigenvalue weighted by molar-refractivity contribution is 9.10. The van der Waals surface area contributed by atoms with E-state index in [-0.39, 0.29) is 16.4 Å². The minimum Gasteiger partial charge on any atom is -0.496 e. The van der Waals surface area contributed by atoms with Gasteiger partial charge in [0.25, 0.3) is 5.91 Å². The van der Waals surface area contributed by atoms with Crippen LogP contribution in [0.4, 0.5) is 24.5 Å². The summed E-state index contributed by atoms with van der Waals surface area (Å²) in [5, 5.41) is 5.19. The number of hydrogen-bond donors (Lipinski definition) is 2. The molecule has 1 heterocycles. The molecule has 2 aromatic rings. The number of hydrogen-bond acceptors (Lipinski definition) is 4. The van der Waals surface area contributed by atoms with Crippen LogP contribution in [0, 0.1) is 0 Å². The first-order chi connectivity index (χ1) is 14.7. The van der Waals surface area contributed by atoms with E-state index in [1.807, 2.05) is 4.90 Å². The van der Waals surface area contributed by atoms with E-state index in [0.29, 0.717) is 15.9 Å². The third kappa shape index (κ3) is 5.88. The smallest absolute Gasteiger partial charge is 0.416 e. The average molecular weight is 516 g/mol. The normalized spacial score (nSPS) is 14.2. The predicted octanol–water partition coefficient (Wildman–Crippen LogP) is 5.59. The lowest BCUT2D eigenvalue weighted by molar-refractivity contribution is -0.137. The zero-order valence-electron chi connectivity index (χ0n) is 16.7. The fraction of sp³-hybridized carbons (Fsp3) is 0.333. The second-order valence-corrected chi connectivity index (χ2v) is 8.35. The molecule has 0 aliphatic carbocycles. The molecular formula is C21H21BrF3N3O2S. The number of benzene rings is 2. The van der Waals surface area contributed by atoms with Crippen LogP contribution in [0.25, 0.3) is 0 Å². The van der Waals surface area contributed by atoms with Crippen molar-refractivity contribution >= 4 is 50.5 Å². The molecule has 10 heteroatoms. The number of amides is 1.